The van der Waals surface area contributed by atoms with Crippen molar-refractivity contribution >= 4 is 5.69 Å². The number of aromatic nitrogens is 1. The first-order chi connectivity index (χ1) is 10.5. The van der Waals surface area contributed by atoms with E-state index in [0.29, 0.717) is 17.2 Å². The van der Waals surface area contributed by atoms with Crippen LogP contribution in [0, 0.1) is 17.0 Å². The molecule has 2 rings (SSSR count). The van der Waals surface area contributed by atoms with Gasteiger partial charge in [0.1, 0.15) is 6.61 Å². The second-order valence-corrected chi connectivity index (χ2v) is 5.08. The van der Waals surface area contributed by atoms with Gasteiger partial charge < -0.3 is 9.47 Å². The van der Waals surface area contributed by atoms with Gasteiger partial charge in [-0.1, -0.05) is 12.1 Å². The van der Waals surface area contributed by atoms with E-state index in [0.717, 1.165) is 5.56 Å². The van der Waals surface area contributed by atoms with E-state index in [4.69, 9.17) is 9.47 Å². The summed E-state index contributed by atoms with van der Waals surface area (Å²) in [4.78, 5) is 14.7. The van der Waals surface area contributed by atoms with Gasteiger partial charge in [-0.3, -0.25) is 10.1 Å². The molecule has 0 aliphatic carbocycles. The minimum absolute atomic E-state index is 0.0169. The van der Waals surface area contributed by atoms with E-state index in [1.54, 1.807) is 31.3 Å². The molecular weight excluding hydrogens is 284 g/mol. The summed E-state index contributed by atoms with van der Waals surface area (Å²) in [5, 5.41) is 11.0. The Hall–Kier alpha value is -2.63. The smallest absolute Gasteiger partial charge is 0.272 e. The van der Waals surface area contributed by atoms with Crippen LogP contribution >= 0.6 is 0 Å². The Labute approximate surface area is 128 Å². The molecule has 1 aromatic heterocycles. The lowest BCUT2D eigenvalue weighted by Crippen LogP contribution is -2.09. The van der Waals surface area contributed by atoms with Crippen LogP contribution in [0.3, 0.4) is 0 Å². The van der Waals surface area contributed by atoms with Crippen LogP contribution < -0.4 is 9.47 Å². The van der Waals surface area contributed by atoms with Crippen LogP contribution in [0.2, 0.25) is 0 Å². The third kappa shape index (κ3) is 3.72. The Morgan fingerprint density at radius 1 is 1.27 bits per heavy atom. The molecule has 6 nitrogen and oxygen atoms in total. The van der Waals surface area contributed by atoms with Crippen molar-refractivity contribution in [2.24, 2.45) is 0 Å². The number of nitro benzene ring substituents is 1. The third-order valence-corrected chi connectivity index (χ3v) is 3.08. The fourth-order valence-corrected chi connectivity index (χ4v) is 1.98. The van der Waals surface area contributed by atoms with Crippen LogP contribution in [0.25, 0.3) is 0 Å². The molecule has 0 aliphatic heterocycles. The van der Waals surface area contributed by atoms with Gasteiger partial charge in [-0.2, -0.15) is 0 Å². The van der Waals surface area contributed by atoms with Gasteiger partial charge in [0, 0.05) is 17.8 Å². The average Bonchev–Trinajstić information content (AvgIpc) is 2.46. The molecule has 0 amide bonds. The Morgan fingerprint density at radius 3 is 2.73 bits per heavy atom. The minimum atomic E-state index is -0.393. The molecule has 0 spiro atoms. The van der Waals surface area contributed by atoms with Gasteiger partial charge in [-0.15, -0.1) is 0 Å². The molecule has 1 aromatic carbocycles. The van der Waals surface area contributed by atoms with Crippen molar-refractivity contribution in [1.29, 1.82) is 0 Å². The van der Waals surface area contributed by atoms with Gasteiger partial charge in [0.25, 0.3) is 11.6 Å². The SMILES string of the molecule is Cc1c(COc2cccnc2OC(C)C)cccc1[N+](=O)[O-]. The maximum atomic E-state index is 11.0. The van der Waals surface area contributed by atoms with Gasteiger partial charge in [0.05, 0.1) is 11.0 Å². The Kier molecular flexibility index (Phi) is 4.93. The Morgan fingerprint density at radius 2 is 2.05 bits per heavy atom. The number of ether oxygens (including phenoxy) is 2. The normalized spacial score (nSPS) is 10.5. The standard InChI is InChI=1S/C16H18N2O4/c1-11(2)22-16-15(8-5-9-17-16)21-10-13-6-4-7-14(12(13)3)18(19)20/h4-9,11H,10H2,1-3H3. The molecule has 0 fully saturated rings. The van der Waals surface area contributed by atoms with Crippen molar-refractivity contribution in [2.45, 2.75) is 33.5 Å². The van der Waals surface area contributed by atoms with Gasteiger partial charge >= 0.3 is 0 Å². The van der Waals surface area contributed by atoms with Crippen LogP contribution in [-0.2, 0) is 6.61 Å². The number of pyridine rings is 1. The lowest BCUT2D eigenvalue weighted by atomic mass is 10.1. The molecule has 0 N–H and O–H groups in total. The fourth-order valence-electron chi connectivity index (χ4n) is 1.98. The largest absolute Gasteiger partial charge is 0.483 e. The summed E-state index contributed by atoms with van der Waals surface area (Å²) in [6.45, 7) is 5.74. The average molecular weight is 302 g/mol. The molecule has 2 aromatic rings. The van der Waals surface area contributed by atoms with Crippen LogP contribution in [-0.4, -0.2) is 16.0 Å². The van der Waals surface area contributed by atoms with E-state index in [1.165, 1.54) is 6.07 Å². The maximum Gasteiger partial charge on any atom is 0.272 e. The first-order valence-corrected chi connectivity index (χ1v) is 6.96. The van der Waals surface area contributed by atoms with Crippen molar-refractivity contribution in [1.82, 2.24) is 4.98 Å². The summed E-state index contributed by atoms with van der Waals surface area (Å²) >= 11 is 0. The lowest BCUT2D eigenvalue weighted by Gasteiger charge is -2.14. The molecule has 0 radical (unpaired) electrons. The van der Waals surface area contributed by atoms with Crippen molar-refractivity contribution < 1.29 is 14.4 Å². The van der Waals surface area contributed by atoms with Crippen LogP contribution in [0.4, 0.5) is 5.69 Å². The molecule has 22 heavy (non-hydrogen) atoms. The zero-order chi connectivity index (χ0) is 16.1. The first kappa shape index (κ1) is 15.8. The highest BCUT2D eigenvalue weighted by molar-refractivity contribution is 5.44. The summed E-state index contributed by atoms with van der Waals surface area (Å²) in [5.74, 6) is 0.933. The monoisotopic (exact) mass is 302 g/mol. The molecule has 0 unspecified atom stereocenters. The summed E-state index contributed by atoms with van der Waals surface area (Å²) in [5.41, 5.74) is 1.45. The first-order valence-electron chi connectivity index (χ1n) is 6.96. The number of nitrogens with zero attached hydrogens (tertiary/aromatic N) is 2. The number of hydrogen-bond acceptors (Lipinski definition) is 5. The molecule has 116 valence electrons. The van der Waals surface area contributed by atoms with E-state index in [-0.39, 0.29) is 18.4 Å². The molecule has 6 heteroatoms. The highest BCUT2D eigenvalue weighted by Crippen LogP contribution is 2.27. The predicted molar refractivity (Wildman–Crippen MR) is 82.2 cm³/mol. The van der Waals surface area contributed by atoms with Gasteiger partial charge in [-0.05, 0) is 38.5 Å². The molecular formula is C16H18N2O4. The zero-order valence-electron chi connectivity index (χ0n) is 12.8. The van der Waals surface area contributed by atoms with Gasteiger partial charge in [0.2, 0.25) is 0 Å². The third-order valence-electron chi connectivity index (χ3n) is 3.08. The molecule has 0 saturated heterocycles. The second-order valence-electron chi connectivity index (χ2n) is 5.08. The highest BCUT2D eigenvalue weighted by Gasteiger charge is 2.14. The maximum absolute atomic E-state index is 11.0. The Bertz CT molecular complexity index is 671. The molecule has 1 heterocycles. The highest BCUT2D eigenvalue weighted by atomic mass is 16.6. The molecule has 0 saturated carbocycles. The van der Waals surface area contributed by atoms with E-state index >= 15 is 0 Å². The number of hydrogen-bond donors (Lipinski definition) is 0. The van der Waals surface area contributed by atoms with E-state index in [1.807, 2.05) is 19.9 Å². The zero-order valence-corrected chi connectivity index (χ0v) is 12.8. The fraction of sp³-hybridized carbons (Fsp3) is 0.312. The van der Waals surface area contributed by atoms with E-state index < -0.39 is 4.92 Å². The number of benzene rings is 1. The van der Waals surface area contributed by atoms with E-state index in [9.17, 15) is 10.1 Å². The molecule has 0 bridgehead atoms. The number of nitro groups is 1. The van der Waals surface area contributed by atoms with Crippen LogP contribution in [0.5, 0.6) is 11.6 Å². The quantitative estimate of drug-likeness (QED) is 0.601. The molecule has 0 aliphatic rings. The summed E-state index contributed by atoms with van der Waals surface area (Å²) < 4.78 is 11.3. The lowest BCUT2D eigenvalue weighted by molar-refractivity contribution is -0.385. The predicted octanol–water partition coefficient (Wildman–Crippen LogP) is 3.66. The Balaban J connectivity index is 2.17. The van der Waals surface area contributed by atoms with Crippen molar-refractivity contribution in [2.75, 3.05) is 0 Å². The second kappa shape index (κ2) is 6.89. The van der Waals surface area contributed by atoms with E-state index in [2.05, 4.69) is 4.98 Å². The molecule has 0 atom stereocenters. The van der Waals surface area contributed by atoms with Crippen molar-refractivity contribution in [3.8, 4) is 11.6 Å². The van der Waals surface area contributed by atoms with Crippen molar-refractivity contribution in [3.05, 3.63) is 57.8 Å². The topological polar surface area (TPSA) is 74.5 Å². The number of rotatable bonds is 6. The summed E-state index contributed by atoms with van der Waals surface area (Å²) in [7, 11) is 0. The van der Waals surface area contributed by atoms with Gasteiger partial charge in [0.15, 0.2) is 5.75 Å². The van der Waals surface area contributed by atoms with Crippen LogP contribution in [0.15, 0.2) is 36.5 Å². The van der Waals surface area contributed by atoms with Crippen LogP contribution in [0.1, 0.15) is 25.0 Å². The van der Waals surface area contributed by atoms with Crippen molar-refractivity contribution in [3.63, 3.8) is 0 Å². The minimum Gasteiger partial charge on any atom is -0.483 e. The summed E-state index contributed by atoms with van der Waals surface area (Å²) in [6.07, 6.45) is 1.61. The van der Waals surface area contributed by atoms with Gasteiger partial charge in [-0.25, -0.2) is 4.98 Å². The summed E-state index contributed by atoms with van der Waals surface area (Å²) in [6, 6.07) is 8.46.